The van der Waals surface area contributed by atoms with Gasteiger partial charge in [-0.3, -0.25) is 9.59 Å². The van der Waals surface area contributed by atoms with E-state index in [0.717, 1.165) is 0 Å². The third-order valence-corrected chi connectivity index (χ3v) is 2.10. The quantitative estimate of drug-likeness (QED) is 0.722. The number of aliphatic hydroxyl groups is 1. The van der Waals surface area contributed by atoms with Gasteiger partial charge in [-0.25, -0.2) is 0 Å². The summed E-state index contributed by atoms with van der Waals surface area (Å²) in [6.07, 6.45) is 0. The number of rotatable bonds is 4. The van der Waals surface area contributed by atoms with Crippen LogP contribution in [0.15, 0.2) is 24.3 Å². The second kappa shape index (κ2) is 6.00. The van der Waals surface area contributed by atoms with Crippen molar-refractivity contribution in [2.75, 3.05) is 11.9 Å². The van der Waals surface area contributed by atoms with E-state index in [-0.39, 0.29) is 24.5 Å². The summed E-state index contributed by atoms with van der Waals surface area (Å²) in [7, 11) is 0. The first-order valence-corrected chi connectivity index (χ1v) is 5.32. The molecule has 0 aliphatic heterocycles. The molecule has 0 bridgehead atoms. The fraction of sp³-hybridized carbons (Fsp3) is 0.333. The fourth-order valence-corrected chi connectivity index (χ4v) is 1.29. The number of carbonyl (C=O) groups excluding carboxylic acids is 2. The average molecular weight is 236 g/mol. The molecule has 0 saturated carbocycles. The summed E-state index contributed by atoms with van der Waals surface area (Å²) in [6.45, 7) is 2.99. The average Bonchev–Trinajstić information content (AvgIpc) is 2.28. The van der Waals surface area contributed by atoms with E-state index in [1.54, 1.807) is 31.2 Å². The van der Waals surface area contributed by atoms with Gasteiger partial charge in [-0.05, 0) is 25.1 Å². The maximum absolute atomic E-state index is 11.7. The predicted molar refractivity (Wildman–Crippen MR) is 64.8 cm³/mol. The Morgan fingerprint density at radius 3 is 2.71 bits per heavy atom. The Balaban J connectivity index is 2.77. The van der Waals surface area contributed by atoms with Crippen LogP contribution in [0.1, 0.15) is 24.2 Å². The molecule has 2 amide bonds. The van der Waals surface area contributed by atoms with Crippen LogP contribution < -0.4 is 10.6 Å². The molecule has 3 N–H and O–H groups in total. The Morgan fingerprint density at radius 2 is 2.12 bits per heavy atom. The molecule has 0 aliphatic carbocycles. The molecule has 1 atom stereocenters. The summed E-state index contributed by atoms with van der Waals surface area (Å²) >= 11 is 0. The van der Waals surface area contributed by atoms with Gasteiger partial charge < -0.3 is 15.7 Å². The summed E-state index contributed by atoms with van der Waals surface area (Å²) in [5.74, 6) is -0.468. The van der Waals surface area contributed by atoms with E-state index in [9.17, 15) is 9.59 Å². The lowest BCUT2D eigenvalue weighted by molar-refractivity contribution is -0.114. The summed E-state index contributed by atoms with van der Waals surface area (Å²) in [5.41, 5.74) is 1.01. The minimum atomic E-state index is -0.299. The predicted octanol–water partition coefficient (Wildman–Crippen LogP) is 0.756. The zero-order valence-electron chi connectivity index (χ0n) is 9.86. The molecule has 1 aromatic carbocycles. The van der Waals surface area contributed by atoms with Crippen molar-refractivity contribution in [3.05, 3.63) is 29.8 Å². The maximum Gasteiger partial charge on any atom is 0.251 e. The van der Waals surface area contributed by atoms with Crippen molar-refractivity contribution in [3.8, 4) is 0 Å². The Kier molecular flexibility index (Phi) is 4.66. The summed E-state index contributed by atoms with van der Waals surface area (Å²) in [6, 6.07) is 6.31. The lowest BCUT2D eigenvalue weighted by atomic mass is 10.1. The van der Waals surface area contributed by atoms with Crippen LogP contribution in [0.4, 0.5) is 5.69 Å². The minimum Gasteiger partial charge on any atom is -0.394 e. The van der Waals surface area contributed by atoms with Crippen LogP contribution in [0.3, 0.4) is 0 Å². The number of carbonyl (C=O) groups is 2. The Hall–Kier alpha value is -1.88. The Bertz CT molecular complexity index is 418. The molecule has 0 heterocycles. The van der Waals surface area contributed by atoms with E-state index in [1.807, 2.05) is 0 Å². The number of anilines is 1. The number of nitrogens with one attached hydrogen (secondary N) is 2. The number of amides is 2. The van der Waals surface area contributed by atoms with Gasteiger partial charge in [-0.15, -0.1) is 0 Å². The van der Waals surface area contributed by atoms with Gasteiger partial charge in [0.05, 0.1) is 6.61 Å². The third-order valence-electron chi connectivity index (χ3n) is 2.10. The smallest absolute Gasteiger partial charge is 0.251 e. The number of hydrogen-bond donors (Lipinski definition) is 3. The molecule has 0 saturated heterocycles. The van der Waals surface area contributed by atoms with Crippen LogP contribution >= 0.6 is 0 Å². The first-order chi connectivity index (χ1) is 8.02. The SMILES string of the molecule is CC(=O)Nc1cccc(C(=O)NC(C)CO)c1. The van der Waals surface area contributed by atoms with E-state index in [0.29, 0.717) is 11.3 Å². The van der Waals surface area contributed by atoms with Gasteiger partial charge in [0.2, 0.25) is 5.91 Å². The monoisotopic (exact) mass is 236 g/mol. The zero-order valence-corrected chi connectivity index (χ0v) is 9.86. The molecule has 5 nitrogen and oxygen atoms in total. The standard InChI is InChI=1S/C12H16N2O3/c1-8(7-15)13-12(17)10-4-3-5-11(6-10)14-9(2)16/h3-6,8,15H,7H2,1-2H3,(H,13,17)(H,14,16). The van der Waals surface area contributed by atoms with Crippen molar-refractivity contribution in [3.63, 3.8) is 0 Å². The van der Waals surface area contributed by atoms with Gasteiger partial charge >= 0.3 is 0 Å². The second-order valence-corrected chi connectivity index (χ2v) is 3.82. The molecule has 0 aliphatic rings. The van der Waals surface area contributed by atoms with Crippen molar-refractivity contribution in [2.24, 2.45) is 0 Å². The van der Waals surface area contributed by atoms with E-state index >= 15 is 0 Å². The van der Waals surface area contributed by atoms with E-state index in [4.69, 9.17) is 5.11 Å². The molecule has 1 aromatic rings. The molecule has 0 spiro atoms. The lowest BCUT2D eigenvalue weighted by Crippen LogP contribution is -2.34. The van der Waals surface area contributed by atoms with Gasteiger partial charge in [0, 0.05) is 24.2 Å². The zero-order chi connectivity index (χ0) is 12.8. The molecule has 0 fully saturated rings. The highest BCUT2D eigenvalue weighted by atomic mass is 16.3. The lowest BCUT2D eigenvalue weighted by Gasteiger charge is -2.11. The molecule has 92 valence electrons. The summed E-state index contributed by atoms with van der Waals surface area (Å²) < 4.78 is 0. The first-order valence-electron chi connectivity index (χ1n) is 5.32. The highest BCUT2D eigenvalue weighted by Gasteiger charge is 2.09. The van der Waals surface area contributed by atoms with E-state index < -0.39 is 0 Å². The summed E-state index contributed by atoms with van der Waals surface area (Å²) in [5, 5.41) is 14.1. The summed E-state index contributed by atoms with van der Waals surface area (Å²) in [4.78, 5) is 22.6. The van der Waals surface area contributed by atoms with Crippen molar-refractivity contribution in [2.45, 2.75) is 19.9 Å². The normalized spacial score (nSPS) is 11.7. The van der Waals surface area contributed by atoms with Crippen LogP contribution in [0.5, 0.6) is 0 Å². The van der Waals surface area contributed by atoms with Gasteiger partial charge in [-0.2, -0.15) is 0 Å². The second-order valence-electron chi connectivity index (χ2n) is 3.82. The third kappa shape index (κ3) is 4.24. The molecule has 1 unspecified atom stereocenters. The Labute approximate surface area is 99.8 Å². The number of aliphatic hydroxyl groups excluding tert-OH is 1. The van der Waals surface area contributed by atoms with Gasteiger partial charge in [0.25, 0.3) is 5.91 Å². The molecule has 0 radical (unpaired) electrons. The highest BCUT2D eigenvalue weighted by Crippen LogP contribution is 2.10. The van der Waals surface area contributed by atoms with Crippen molar-refractivity contribution in [1.82, 2.24) is 5.32 Å². The van der Waals surface area contributed by atoms with Crippen LogP contribution in [0.2, 0.25) is 0 Å². The van der Waals surface area contributed by atoms with Crippen molar-refractivity contribution < 1.29 is 14.7 Å². The molecule has 0 aromatic heterocycles. The van der Waals surface area contributed by atoms with Crippen molar-refractivity contribution >= 4 is 17.5 Å². The van der Waals surface area contributed by atoms with Gasteiger partial charge in [-0.1, -0.05) is 6.07 Å². The highest BCUT2D eigenvalue weighted by molar-refractivity contribution is 5.96. The molecule has 1 rings (SSSR count). The first kappa shape index (κ1) is 13.2. The molecule has 17 heavy (non-hydrogen) atoms. The van der Waals surface area contributed by atoms with Crippen LogP contribution in [0.25, 0.3) is 0 Å². The maximum atomic E-state index is 11.7. The minimum absolute atomic E-state index is 0.114. The largest absolute Gasteiger partial charge is 0.394 e. The van der Waals surface area contributed by atoms with Crippen molar-refractivity contribution in [1.29, 1.82) is 0 Å². The Morgan fingerprint density at radius 1 is 1.41 bits per heavy atom. The molecule has 5 heteroatoms. The van der Waals surface area contributed by atoms with Crippen LogP contribution in [0, 0.1) is 0 Å². The van der Waals surface area contributed by atoms with E-state index in [2.05, 4.69) is 10.6 Å². The topological polar surface area (TPSA) is 78.4 Å². The van der Waals surface area contributed by atoms with Gasteiger partial charge in [0.15, 0.2) is 0 Å². The van der Waals surface area contributed by atoms with Gasteiger partial charge in [0.1, 0.15) is 0 Å². The molecular formula is C12H16N2O3. The molecular weight excluding hydrogens is 220 g/mol. The number of benzene rings is 1. The fourth-order valence-electron chi connectivity index (χ4n) is 1.29. The van der Waals surface area contributed by atoms with Crippen LogP contribution in [-0.2, 0) is 4.79 Å². The van der Waals surface area contributed by atoms with Crippen LogP contribution in [-0.4, -0.2) is 29.6 Å². The number of hydrogen-bond acceptors (Lipinski definition) is 3. The van der Waals surface area contributed by atoms with E-state index in [1.165, 1.54) is 6.92 Å².